The highest BCUT2D eigenvalue weighted by Gasteiger charge is 2.14. The maximum Gasteiger partial charge on any atom is 0.234 e. The third-order valence-corrected chi connectivity index (χ3v) is 3.03. The lowest BCUT2D eigenvalue weighted by atomic mass is 10.2. The summed E-state index contributed by atoms with van der Waals surface area (Å²) in [5, 5.41) is 16.6. The smallest absolute Gasteiger partial charge is 0.234 e. The van der Waals surface area contributed by atoms with E-state index < -0.39 is 0 Å². The SMILES string of the molecule is COC(=N)c1ncnc2c1ncn2-c1ccc(C#N)cc1. The van der Waals surface area contributed by atoms with Gasteiger partial charge < -0.3 is 4.74 Å². The Morgan fingerprint density at radius 2 is 2.00 bits per heavy atom. The van der Waals surface area contributed by atoms with Crippen LogP contribution in [0.3, 0.4) is 0 Å². The molecule has 3 rings (SSSR count). The van der Waals surface area contributed by atoms with E-state index in [1.807, 2.05) is 12.1 Å². The molecular weight excluding hydrogens is 268 g/mol. The van der Waals surface area contributed by atoms with Crippen LogP contribution in [-0.4, -0.2) is 32.5 Å². The van der Waals surface area contributed by atoms with E-state index in [2.05, 4.69) is 21.0 Å². The van der Waals surface area contributed by atoms with Crippen LogP contribution in [0.5, 0.6) is 0 Å². The van der Waals surface area contributed by atoms with Crippen molar-refractivity contribution in [2.24, 2.45) is 0 Å². The minimum atomic E-state index is -0.0625. The fourth-order valence-corrected chi connectivity index (χ4v) is 1.98. The maximum absolute atomic E-state index is 8.83. The number of nitrogens with zero attached hydrogens (tertiary/aromatic N) is 5. The number of benzene rings is 1. The minimum absolute atomic E-state index is 0.0625. The molecule has 7 heteroatoms. The average Bonchev–Trinajstić information content (AvgIpc) is 2.98. The molecule has 0 saturated heterocycles. The quantitative estimate of drug-likeness (QED) is 0.567. The van der Waals surface area contributed by atoms with Crippen LogP contribution < -0.4 is 0 Å². The lowest BCUT2D eigenvalue weighted by Gasteiger charge is -2.04. The van der Waals surface area contributed by atoms with Gasteiger partial charge in [-0.05, 0) is 24.3 Å². The Balaban J connectivity index is 2.16. The zero-order chi connectivity index (χ0) is 14.8. The van der Waals surface area contributed by atoms with Crippen molar-refractivity contribution in [3.05, 3.63) is 48.2 Å². The highest BCUT2D eigenvalue weighted by Crippen LogP contribution is 2.18. The minimum Gasteiger partial charge on any atom is -0.480 e. The summed E-state index contributed by atoms with van der Waals surface area (Å²) in [4.78, 5) is 12.5. The number of fused-ring (bicyclic) bond motifs is 1. The largest absolute Gasteiger partial charge is 0.480 e. The Hall–Kier alpha value is -3.27. The van der Waals surface area contributed by atoms with Crippen LogP contribution in [0, 0.1) is 16.7 Å². The van der Waals surface area contributed by atoms with E-state index in [1.54, 1.807) is 23.0 Å². The van der Waals surface area contributed by atoms with Crippen molar-refractivity contribution in [1.82, 2.24) is 19.5 Å². The van der Waals surface area contributed by atoms with Crippen molar-refractivity contribution in [3.8, 4) is 11.8 Å². The van der Waals surface area contributed by atoms with Crippen molar-refractivity contribution >= 4 is 17.1 Å². The van der Waals surface area contributed by atoms with Crippen LogP contribution in [0.25, 0.3) is 16.9 Å². The number of nitriles is 1. The topological polar surface area (TPSA) is 100 Å². The van der Waals surface area contributed by atoms with Crippen LogP contribution in [0.1, 0.15) is 11.3 Å². The molecular formula is C14H10N6O. The van der Waals surface area contributed by atoms with Crippen LogP contribution in [0.2, 0.25) is 0 Å². The first kappa shape index (κ1) is 12.7. The number of nitrogens with one attached hydrogen (secondary N) is 1. The molecule has 0 amide bonds. The Kier molecular flexibility index (Phi) is 3.04. The first-order valence-corrected chi connectivity index (χ1v) is 6.06. The normalized spacial score (nSPS) is 10.3. The summed E-state index contributed by atoms with van der Waals surface area (Å²) in [5.41, 5.74) is 2.82. The molecule has 2 aromatic heterocycles. The molecule has 0 atom stereocenters. The van der Waals surface area contributed by atoms with Gasteiger partial charge in [0.15, 0.2) is 11.3 Å². The molecule has 0 aliphatic carbocycles. The van der Waals surface area contributed by atoms with Crippen molar-refractivity contribution in [2.75, 3.05) is 7.11 Å². The van der Waals surface area contributed by atoms with Crippen LogP contribution in [0.4, 0.5) is 0 Å². The summed E-state index contributed by atoms with van der Waals surface area (Å²) in [6, 6.07) is 9.14. The fourth-order valence-electron chi connectivity index (χ4n) is 1.98. The molecule has 0 bridgehead atoms. The number of imidazole rings is 1. The predicted molar refractivity (Wildman–Crippen MR) is 75.2 cm³/mol. The Morgan fingerprint density at radius 3 is 2.67 bits per heavy atom. The van der Waals surface area contributed by atoms with Crippen LogP contribution in [0.15, 0.2) is 36.9 Å². The lowest BCUT2D eigenvalue weighted by Crippen LogP contribution is -2.06. The second-order valence-corrected chi connectivity index (χ2v) is 4.20. The van der Waals surface area contributed by atoms with E-state index in [9.17, 15) is 0 Å². The van der Waals surface area contributed by atoms with Gasteiger partial charge >= 0.3 is 0 Å². The fraction of sp³-hybridized carbons (Fsp3) is 0.0714. The van der Waals surface area contributed by atoms with Gasteiger partial charge in [-0.1, -0.05) is 0 Å². The van der Waals surface area contributed by atoms with Gasteiger partial charge in [-0.25, -0.2) is 15.0 Å². The Morgan fingerprint density at radius 1 is 1.24 bits per heavy atom. The van der Waals surface area contributed by atoms with Crippen molar-refractivity contribution < 1.29 is 4.74 Å². The van der Waals surface area contributed by atoms with Gasteiger partial charge in [-0.15, -0.1) is 0 Å². The first-order valence-electron chi connectivity index (χ1n) is 6.06. The number of hydrogen-bond donors (Lipinski definition) is 1. The highest BCUT2D eigenvalue weighted by molar-refractivity contribution is 6.00. The first-order chi connectivity index (χ1) is 10.2. The van der Waals surface area contributed by atoms with Gasteiger partial charge in [0.25, 0.3) is 0 Å². The third-order valence-electron chi connectivity index (χ3n) is 3.03. The van der Waals surface area contributed by atoms with Crippen molar-refractivity contribution in [3.63, 3.8) is 0 Å². The zero-order valence-corrected chi connectivity index (χ0v) is 11.1. The molecule has 1 N–H and O–H groups in total. The number of rotatable bonds is 2. The molecule has 21 heavy (non-hydrogen) atoms. The Bertz CT molecular complexity index is 859. The number of hydrogen-bond acceptors (Lipinski definition) is 6. The van der Waals surface area contributed by atoms with E-state index in [-0.39, 0.29) is 5.90 Å². The standard InChI is InChI=1S/C14H10N6O/c1-21-13(16)11-12-14(18-7-17-11)20(8-19-12)10-4-2-9(6-15)3-5-10/h2-5,7-8,16H,1H3. The summed E-state index contributed by atoms with van der Waals surface area (Å²) >= 11 is 0. The molecule has 102 valence electrons. The highest BCUT2D eigenvalue weighted by atomic mass is 16.5. The number of aromatic nitrogens is 4. The molecule has 0 fully saturated rings. The monoisotopic (exact) mass is 278 g/mol. The number of methoxy groups -OCH3 is 1. The van der Waals surface area contributed by atoms with E-state index in [1.165, 1.54) is 13.4 Å². The van der Waals surface area contributed by atoms with Gasteiger partial charge in [-0.3, -0.25) is 9.98 Å². The van der Waals surface area contributed by atoms with E-state index in [0.717, 1.165) is 5.69 Å². The molecule has 0 saturated carbocycles. The lowest BCUT2D eigenvalue weighted by molar-refractivity contribution is 0.400. The van der Waals surface area contributed by atoms with Crippen molar-refractivity contribution in [1.29, 1.82) is 10.7 Å². The second-order valence-electron chi connectivity index (χ2n) is 4.20. The molecule has 0 unspecified atom stereocenters. The molecule has 1 aromatic carbocycles. The zero-order valence-electron chi connectivity index (χ0n) is 11.1. The molecule has 0 aliphatic rings. The molecule has 0 radical (unpaired) electrons. The third kappa shape index (κ3) is 2.08. The van der Waals surface area contributed by atoms with Gasteiger partial charge in [0.2, 0.25) is 5.90 Å². The van der Waals surface area contributed by atoms with Gasteiger partial charge in [0.05, 0.1) is 18.7 Å². The van der Waals surface area contributed by atoms with Crippen LogP contribution in [-0.2, 0) is 4.74 Å². The summed E-state index contributed by atoms with van der Waals surface area (Å²) < 4.78 is 6.67. The van der Waals surface area contributed by atoms with Gasteiger partial charge in [0, 0.05) is 5.69 Å². The van der Waals surface area contributed by atoms with Crippen molar-refractivity contribution in [2.45, 2.75) is 0 Å². The Labute approximate surface area is 120 Å². The summed E-state index contributed by atoms with van der Waals surface area (Å²) in [6.07, 6.45) is 2.97. The molecule has 0 spiro atoms. The molecule has 2 heterocycles. The van der Waals surface area contributed by atoms with E-state index >= 15 is 0 Å². The van der Waals surface area contributed by atoms with E-state index in [0.29, 0.717) is 22.4 Å². The molecule has 0 aliphatic heterocycles. The van der Waals surface area contributed by atoms with E-state index in [4.69, 9.17) is 15.4 Å². The number of ether oxygens (including phenoxy) is 1. The average molecular weight is 278 g/mol. The summed E-state index contributed by atoms with van der Waals surface area (Å²) in [7, 11) is 1.41. The summed E-state index contributed by atoms with van der Waals surface area (Å²) in [6.45, 7) is 0. The predicted octanol–water partition coefficient (Wildman–Crippen LogP) is 1.66. The molecule has 7 nitrogen and oxygen atoms in total. The summed E-state index contributed by atoms with van der Waals surface area (Å²) in [5.74, 6) is -0.0625. The van der Waals surface area contributed by atoms with Gasteiger partial charge in [0.1, 0.15) is 18.2 Å². The van der Waals surface area contributed by atoms with Crippen LogP contribution >= 0.6 is 0 Å². The van der Waals surface area contributed by atoms with Gasteiger partial charge in [-0.2, -0.15) is 5.26 Å². The molecule has 3 aromatic rings. The maximum atomic E-state index is 8.83. The second kappa shape index (κ2) is 5.02.